The summed E-state index contributed by atoms with van der Waals surface area (Å²) in [5.41, 5.74) is 8.22. The Labute approximate surface area is 133 Å². The monoisotopic (exact) mass is 323 g/mol. The fourth-order valence-corrected chi connectivity index (χ4v) is 3.09. The molecule has 3 N–H and O–H groups in total. The summed E-state index contributed by atoms with van der Waals surface area (Å²) in [6.45, 7) is 2.94. The smallest absolute Gasteiger partial charge is 0.238 e. The van der Waals surface area contributed by atoms with Crippen LogP contribution in [0.15, 0.2) is 30.3 Å². The van der Waals surface area contributed by atoms with Gasteiger partial charge in [-0.2, -0.15) is 0 Å². The molecule has 0 radical (unpaired) electrons. The van der Waals surface area contributed by atoms with Gasteiger partial charge in [0.1, 0.15) is 0 Å². The van der Waals surface area contributed by atoms with Gasteiger partial charge in [0.15, 0.2) is 0 Å². The summed E-state index contributed by atoms with van der Waals surface area (Å²) in [6.07, 6.45) is 0. The van der Waals surface area contributed by atoms with Crippen LogP contribution in [0.2, 0.25) is 4.34 Å². The number of nitrogen functional groups attached to an aromatic ring is 1. The number of thiophene rings is 1. The Morgan fingerprint density at radius 3 is 2.76 bits per heavy atom. The Hall–Kier alpha value is -1.56. The minimum Gasteiger partial charge on any atom is -0.398 e. The summed E-state index contributed by atoms with van der Waals surface area (Å²) in [4.78, 5) is 15.1. The number of aryl methyl sites for hydroxylation is 1. The Morgan fingerprint density at radius 1 is 1.38 bits per heavy atom. The van der Waals surface area contributed by atoms with E-state index < -0.39 is 0 Å². The Morgan fingerprint density at radius 2 is 2.14 bits per heavy atom. The van der Waals surface area contributed by atoms with Crippen LogP contribution in [0, 0.1) is 6.92 Å². The first-order valence-corrected chi connectivity index (χ1v) is 7.72. The molecule has 0 aliphatic rings. The van der Waals surface area contributed by atoms with Gasteiger partial charge in [-0.15, -0.1) is 11.3 Å². The summed E-state index contributed by atoms with van der Waals surface area (Å²) in [5.74, 6) is -0.0663. The Bertz CT molecular complexity index is 642. The van der Waals surface area contributed by atoms with E-state index in [0.29, 0.717) is 18.8 Å². The van der Waals surface area contributed by atoms with Crippen molar-refractivity contribution in [2.45, 2.75) is 13.5 Å². The lowest BCUT2D eigenvalue weighted by molar-refractivity contribution is -0.117. The van der Waals surface area contributed by atoms with E-state index in [1.807, 2.05) is 43.1 Å². The third-order valence-corrected chi connectivity index (χ3v) is 4.25. The molecule has 2 rings (SSSR count). The van der Waals surface area contributed by atoms with Crippen LogP contribution in [0.5, 0.6) is 0 Å². The first kappa shape index (κ1) is 15.8. The van der Waals surface area contributed by atoms with Gasteiger partial charge < -0.3 is 11.1 Å². The fourth-order valence-electron chi connectivity index (χ4n) is 1.92. The van der Waals surface area contributed by atoms with E-state index in [9.17, 15) is 4.79 Å². The van der Waals surface area contributed by atoms with Gasteiger partial charge in [0.05, 0.1) is 10.9 Å². The summed E-state index contributed by atoms with van der Waals surface area (Å²) < 4.78 is 0.762. The summed E-state index contributed by atoms with van der Waals surface area (Å²) in [7, 11) is 1.90. The van der Waals surface area contributed by atoms with E-state index in [1.165, 1.54) is 11.3 Å². The van der Waals surface area contributed by atoms with Crippen molar-refractivity contribution in [3.8, 4) is 0 Å². The van der Waals surface area contributed by atoms with Crippen molar-refractivity contribution in [2.75, 3.05) is 24.6 Å². The molecular weight excluding hydrogens is 306 g/mol. The van der Waals surface area contributed by atoms with Gasteiger partial charge in [-0.3, -0.25) is 9.69 Å². The average Bonchev–Trinajstić information content (AvgIpc) is 2.79. The highest BCUT2D eigenvalue weighted by Gasteiger charge is 2.09. The third-order valence-electron chi connectivity index (χ3n) is 3.03. The molecule has 0 fully saturated rings. The minimum absolute atomic E-state index is 0.0663. The number of hydrogen-bond donors (Lipinski definition) is 2. The second-order valence-corrected chi connectivity index (χ2v) is 6.80. The van der Waals surface area contributed by atoms with Crippen molar-refractivity contribution >= 4 is 40.2 Å². The molecule has 1 heterocycles. The Kier molecular flexibility index (Phi) is 5.22. The normalized spacial score (nSPS) is 10.9. The third kappa shape index (κ3) is 4.74. The molecule has 21 heavy (non-hydrogen) atoms. The maximum Gasteiger partial charge on any atom is 0.238 e. The maximum atomic E-state index is 12.0. The van der Waals surface area contributed by atoms with E-state index in [4.69, 9.17) is 17.3 Å². The molecule has 0 bridgehead atoms. The van der Waals surface area contributed by atoms with Crippen LogP contribution in [-0.4, -0.2) is 24.4 Å². The summed E-state index contributed by atoms with van der Waals surface area (Å²) >= 11 is 7.42. The number of nitrogens with one attached hydrogen (secondary N) is 1. The number of rotatable bonds is 5. The quantitative estimate of drug-likeness (QED) is 0.829. The highest BCUT2D eigenvalue weighted by molar-refractivity contribution is 7.16. The van der Waals surface area contributed by atoms with Crippen LogP contribution in [0.4, 0.5) is 11.4 Å². The molecule has 1 aromatic carbocycles. The molecule has 0 saturated heterocycles. The van der Waals surface area contributed by atoms with Crippen molar-refractivity contribution < 1.29 is 4.79 Å². The number of likely N-dealkylation sites (N-methyl/N-ethyl adjacent to an activating group) is 1. The molecule has 1 amide bonds. The Balaban J connectivity index is 1.87. The second-order valence-electron chi connectivity index (χ2n) is 5.00. The molecule has 0 atom stereocenters. The van der Waals surface area contributed by atoms with Crippen LogP contribution in [0.3, 0.4) is 0 Å². The van der Waals surface area contributed by atoms with E-state index in [1.54, 1.807) is 6.07 Å². The van der Waals surface area contributed by atoms with Crippen molar-refractivity contribution in [1.29, 1.82) is 0 Å². The highest BCUT2D eigenvalue weighted by atomic mass is 35.5. The lowest BCUT2D eigenvalue weighted by Crippen LogP contribution is -2.29. The molecular formula is C15H18ClN3OS. The number of hydrogen-bond acceptors (Lipinski definition) is 4. The molecule has 6 heteroatoms. The minimum atomic E-state index is -0.0663. The SMILES string of the molecule is Cc1ccc(NC(=O)CN(C)Cc2ccc(Cl)s2)cc1N. The summed E-state index contributed by atoms with van der Waals surface area (Å²) in [5, 5.41) is 2.85. The van der Waals surface area contributed by atoms with Crippen LogP contribution < -0.4 is 11.1 Å². The highest BCUT2D eigenvalue weighted by Crippen LogP contribution is 2.22. The van der Waals surface area contributed by atoms with E-state index in [2.05, 4.69) is 5.32 Å². The van der Waals surface area contributed by atoms with Crippen LogP contribution in [0.25, 0.3) is 0 Å². The summed E-state index contributed by atoms with van der Waals surface area (Å²) in [6, 6.07) is 9.35. The van der Waals surface area contributed by atoms with Crippen LogP contribution in [-0.2, 0) is 11.3 Å². The standard InChI is InChI=1S/C15H18ClN3OS/c1-10-3-4-11(7-13(10)17)18-15(20)9-19(2)8-12-5-6-14(16)21-12/h3-7H,8-9,17H2,1-2H3,(H,18,20). The molecule has 0 aliphatic heterocycles. The molecule has 0 unspecified atom stereocenters. The lowest BCUT2D eigenvalue weighted by atomic mass is 10.2. The molecule has 2 aromatic rings. The number of amides is 1. The molecule has 1 aromatic heterocycles. The van der Waals surface area contributed by atoms with Gasteiger partial charge in [0, 0.05) is 22.8 Å². The number of halogens is 1. The van der Waals surface area contributed by atoms with Crippen LogP contribution in [0.1, 0.15) is 10.4 Å². The number of nitrogens with zero attached hydrogens (tertiary/aromatic N) is 1. The largest absolute Gasteiger partial charge is 0.398 e. The topological polar surface area (TPSA) is 58.4 Å². The molecule has 4 nitrogen and oxygen atoms in total. The lowest BCUT2D eigenvalue weighted by Gasteiger charge is -2.15. The van der Waals surface area contributed by atoms with Gasteiger partial charge >= 0.3 is 0 Å². The zero-order chi connectivity index (χ0) is 15.4. The first-order chi connectivity index (χ1) is 9.94. The number of anilines is 2. The van der Waals surface area contributed by atoms with Gasteiger partial charge in [-0.05, 0) is 43.8 Å². The van der Waals surface area contributed by atoms with E-state index >= 15 is 0 Å². The molecule has 112 valence electrons. The van der Waals surface area contributed by atoms with Gasteiger partial charge in [0.25, 0.3) is 0 Å². The van der Waals surface area contributed by atoms with Gasteiger partial charge in [0.2, 0.25) is 5.91 Å². The fraction of sp³-hybridized carbons (Fsp3) is 0.267. The molecule has 0 aliphatic carbocycles. The maximum absolute atomic E-state index is 12.0. The molecule has 0 spiro atoms. The zero-order valence-corrected chi connectivity index (χ0v) is 13.6. The van der Waals surface area contributed by atoms with E-state index in [0.717, 1.165) is 20.5 Å². The molecule has 0 saturated carbocycles. The van der Waals surface area contributed by atoms with Crippen molar-refractivity contribution in [3.63, 3.8) is 0 Å². The van der Waals surface area contributed by atoms with Crippen LogP contribution >= 0.6 is 22.9 Å². The second kappa shape index (κ2) is 6.93. The number of benzene rings is 1. The van der Waals surface area contributed by atoms with E-state index in [-0.39, 0.29) is 5.91 Å². The van der Waals surface area contributed by atoms with Crippen molar-refractivity contribution in [1.82, 2.24) is 4.90 Å². The van der Waals surface area contributed by atoms with Gasteiger partial charge in [-0.25, -0.2) is 0 Å². The number of carbonyl (C=O) groups is 1. The average molecular weight is 324 g/mol. The van der Waals surface area contributed by atoms with Gasteiger partial charge in [-0.1, -0.05) is 17.7 Å². The number of nitrogens with two attached hydrogens (primary N) is 1. The zero-order valence-electron chi connectivity index (χ0n) is 12.0. The van der Waals surface area contributed by atoms with Crippen molar-refractivity contribution in [3.05, 3.63) is 45.1 Å². The predicted octanol–water partition coefficient (Wildman–Crippen LogP) is 3.36. The first-order valence-electron chi connectivity index (χ1n) is 6.53. The number of carbonyl (C=O) groups excluding carboxylic acids is 1. The van der Waals surface area contributed by atoms with Crippen molar-refractivity contribution in [2.24, 2.45) is 0 Å². The predicted molar refractivity (Wildman–Crippen MR) is 89.9 cm³/mol.